The lowest BCUT2D eigenvalue weighted by atomic mass is 10.1. The number of methoxy groups -OCH3 is 1. The molecule has 1 aromatic heterocycles. The molecule has 0 saturated heterocycles. The molecule has 2 nitrogen and oxygen atoms in total. The van der Waals surface area contributed by atoms with Crippen molar-refractivity contribution < 1.29 is 4.74 Å². The maximum atomic E-state index is 9.01. The van der Waals surface area contributed by atoms with Crippen LogP contribution in [0.15, 0.2) is 22.4 Å². The first-order valence-corrected chi connectivity index (χ1v) is 5.28. The normalized spacial score (nSPS) is 10.1. The van der Waals surface area contributed by atoms with Crippen LogP contribution in [0.3, 0.4) is 0 Å². The summed E-state index contributed by atoms with van der Waals surface area (Å²) in [5.74, 6) is 0.590. The van der Waals surface area contributed by atoms with Gasteiger partial charge in [0.25, 0.3) is 0 Å². The van der Waals surface area contributed by atoms with E-state index in [0.717, 1.165) is 15.0 Å². The molecule has 2 rings (SSSR count). The number of nitrogens with zero attached hydrogens (tertiary/aromatic N) is 1. The minimum Gasteiger partial charge on any atom is -0.495 e. The highest BCUT2D eigenvalue weighted by atomic mass is 32.1. The van der Waals surface area contributed by atoms with Crippen LogP contribution in [0.4, 0.5) is 0 Å². The molecule has 1 aromatic carbocycles. The van der Waals surface area contributed by atoms with Crippen LogP contribution in [0.2, 0.25) is 0 Å². The van der Waals surface area contributed by atoms with Crippen LogP contribution < -0.4 is 4.74 Å². The second-order valence-corrected chi connectivity index (χ2v) is 4.15. The van der Waals surface area contributed by atoms with Crippen LogP contribution in [0, 0.1) is 11.3 Å². The first-order chi connectivity index (χ1) is 6.77. The highest BCUT2D eigenvalue weighted by molar-refractivity contribution is 7.80. The molecule has 0 spiro atoms. The molecule has 0 amide bonds. The summed E-state index contributed by atoms with van der Waals surface area (Å²) in [6.45, 7) is 0. The van der Waals surface area contributed by atoms with Crippen molar-refractivity contribution in [3.05, 3.63) is 23.1 Å². The Labute approximate surface area is 91.1 Å². The van der Waals surface area contributed by atoms with Gasteiger partial charge in [-0.05, 0) is 17.5 Å². The van der Waals surface area contributed by atoms with Crippen molar-refractivity contribution in [3.63, 3.8) is 0 Å². The summed E-state index contributed by atoms with van der Waals surface area (Å²) in [5, 5.41) is 12.0. The van der Waals surface area contributed by atoms with E-state index in [1.54, 1.807) is 13.2 Å². The zero-order valence-electron chi connectivity index (χ0n) is 7.44. The molecule has 0 saturated carbocycles. The van der Waals surface area contributed by atoms with Gasteiger partial charge in [-0.1, -0.05) is 0 Å². The highest BCUT2D eigenvalue weighted by Gasteiger charge is 2.11. The zero-order chi connectivity index (χ0) is 10.1. The molecule has 0 aliphatic rings. The molecule has 0 radical (unpaired) electrons. The van der Waals surface area contributed by atoms with Gasteiger partial charge in [-0.2, -0.15) is 5.26 Å². The molecule has 2 aromatic rings. The average Bonchev–Trinajstić information content (AvgIpc) is 2.66. The van der Waals surface area contributed by atoms with Gasteiger partial charge in [0.2, 0.25) is 0 Å². The Hall–Kier alpha value is -1.18. The number of ether oxygens (including phenoxy) is 1. The van der Waals surface area contributed by atoms with E-state index in [1.165, 1.54) is 11.3 Å². The SMILES string of the molecule is COc1cc(S)c2ccsc2c1C#N. The fourth-order valence-corrected chi connectivity index (χ4v) is 2.65. The van der Waals surface area contributed by atoms with Crippen molar-refractivity contribution in [1.82, 2.24) is 0 Å². The Morgan fingerprint density at radius 3 is 3.00 bits per heavy atom. The van der Waals surface area contributed by atoms with Crippen molar-refractivity contribution in [2.45, 2.75) is 4.90 Å². The van der Waals surface area contributed by atoms with E-state index in [-0.39, 0.29) is 0 Å². The fourth-order valence-electron chi connectivity index (χ4n) is 1.36. The third kappa shape index (κ3) is 1.26. The van der Waals surface area contributed by atoms with Gasteiger partial charge < -0.3 is 4.74 Å². The number of hydrogen-bond acceptors (Lipinski definition) is 4. The summed E-state index contributed by atoms with van der Waals surface area (Å²) in [6, 6.07) is 5.89. The van der Waals surface area contributed by atoms with Gasteiger partial charge in [0.1, 0.15) is 17.4 Å². The standard InChI is InChI=1S/C10H7NOS2/c1-12-8-4-9(13)6-2-3-14-10(6)7(8)5-11/h2-4,13H,1H3. The highest BCUT2D eigenvalue weighted by Crippen LogP contribution is 2.35. The molecule has 70 valence electrons. The maximum absolute atomic E-state index is 9.01. The van der Waals surface area contributed by atoms with E-state index in [4.69, 9.17) is 10.00 Å². The smallest absolute Gasteiger partial charge is 0.139 e. The van der Waals surface area contributed by atoms with Gasteiger partial charge in [-0.3, -0.25) is 0 Å². The van der Waals surface area contributed by atoms with Crippen LogP contribution in [0.1, 0.15) is 5.56 Å². The Morgan fingerprint density at radius 2 is 2.36 bits per heavy atom. The van der Waals surface area contributed by atoms with Gasteiger partial charge in [-0.15, -0.1) is 24.0 Å². The van der Waals surface area contributed by atoms with E-state index in [2.05, 4.69) is 18.7 Å². The van der Waals surface area contributed by atoms with Gasteiger partial charge in [0, 0.05) is 10.3 Å². The maximum Gasteiger partial charge on any atom is 0.139 e. The van der Waals surface area contributed by atoms with Gasteiger partial charge in [0.05, 0.1) is 11.8 Å². The van der Waals surface area contributed by atoms with E-state index >= 15 is 0 Å². The molecule has 0 fully saturated rings. The van der Waals surface area contributed by atoms with Crippen LogP contribution in [-0.2, 0) is 0 Å². The van der Waals surface area contributed by atoms with E-state index in [0.29, 0.717) is 11.3 Å². The van der Waals surface area contributed by atoms with Crippen LogP contribution in [0.5, 0.6) is 5.75 Å². The molecular formula is C10H7NOS2. The van der Waals surface area contributed by atoms with Crippen molar-refractivity contribution in [2.75, 3.05) is 7.11 Å². The summed E-state index contributed by atoms with van der Waals surface area (Å²) in [6.07, 6.45) is 0. The lowest BCUT2D eigenvalue weighted by molar-refractivity contribution is 0.413. The molecule has 0 unspecified atom stereocenters. The predicted octanol–water partition coefficient (Wildman–Crippen LogP) is 3.07. The number of thiophene rings is 1. The molecule has 4 heteroatoms. The number of rotatable bonds is 1. The van der Waals surface area contributed by atoms with Crippen molar-refractivity contribution in [2.24, 2.45) is 0 Å². The Bertz CT molecular complexity index is 525. The first kappa shape index (κ1) is 9.38. The summed E-state index contributed by atoms with van der Waals surface area (Å²) in [4.78, 5) is 0.845. The summed E-state index contributed by atoms with van der Waals surface area (Å²) in [7, 11) is 1.56. The topological polar surface area (TPSA) is 33.0 Å². The number of nitriles is 1. The third-order valence-corrected chi connectivity index (χ3v) is 3.32. The fraction of sp³-hybridized carbons (Fsp3) is 0.100. The van der Waals surface area contributed by atoms with Gasteiger partial charge in [0.15, 0.2) is 0 Å². The molecule has 0 N–H and O–H groups in total. The molecule has 0 atom stereocenters. The number of benzene rings is 1. The number of fused-ring (bicyclic) bond motifs is 1. The lowest BCUT2D eigenvalue weighted by Crippen LogP contribution is -1.88. The predicted molar refractivity (Wildman–Crippen MR) is 60.3 cm³/mol. The van der Waals surface area contributed by atoms with Crippen molar-refractivity contribution in [3.8, 4) is 11.8 Å². The summed E-state index contributed by atoms with van der Waals surface area (Å²) >= 11 is 5.87. The van der Waals surface area contributed by atoms with E-state index in [1.807, 2.05) is 11.4 Å². The van der Waals surface area contributed by atoms with Gasteiger partial charge >= 0.3 is 0 Å². The van der Waals surface area contributed by atoms with Gasteiger partial charge in [-0.25, -0.2) is 0 Å². The Morgan fingerprint density at radius 1 is 1.57 bits per heavy atom. The third-order valence-electron chi connectivity index (χ3n) is 2.01. The second kappa shape index (κ2) is 3.52. The number of thiol groups is 1. The van der Waals surface area contributed by atoms with Crippen LogP contribution in [-0.4, -0.2) is 7.11 Å². The lowest BCUT2D eigenvalue weighted by Gasteiger charge is -2.04. The second-order valence-electron chi connectivity index (χ2n) is 2.75. The summed E-state index contributed by atoms with van der Waals surface area (Å²) < 4.78 is 6.07. The zero-order valence-corrected chi connectivity index (χ0v) is 9.15. The minimum atomic E-state index is 0.590. The molecule has 0 bridgehead atoms. The Balaban J connectivity index is 2.91. The van der Waals surface area contributed by atoms with Crippen LogP contribution >= 0.6 is 24.0 Å². The Kier molecular flexibility index (Phi) is 2.36. The monoisotopic (exact) mass is 221 g/mol. The van der Waals surface area contributed by atoms with Crippen LogP contribution in [0.25, 0.3) is 10.1 Å². The molecule has 0 aliphatic carbocycles. The largest absolute Gasteiger partial charge is 0.495 e. The minimum absolute atomic E-state index is 0.590. The molecule has 1 heterocycles. The van der Waals surface area contributed by atoms with E-state index in [9.17, 15) is 0 Å². The molecular weight excluding hydrogens is 214 g/mol. The van der Waals surface area contributed by atoms with Crippen molar-refractivity contribution in [1.29, 1.82) is 5.26 Å². The summed E-state index contributed by atoms with van der Waals surface area (Å²) in [5.41, 5.74) is 0.593. The van der Waals surface area contributed by atoms with E-state index < -0.39 is 0 Å². The molecule has 0 aliphatic heterocycles. The van der Waals surface area contributed by atoms with Crippen molar-refractivity contribution >= 4 is 34.1 Å². The quantitative estimate of drug-likeness (QED) is 0.751. The molecule has 14 heavy (non-hydrogen) atoms. The number of hydrogen-bond donors (Lipinski definition) is 1. The first-order valence-electron chi connectivity index (χ1n) is 3.95. The average molecular weight is 221 g/mol.